The van der Waals surface area contributed by atoms with Crippen LogP contribution in [0.25, 0.3) is 0 Å². The Kier molecular flexibility index (Phi) is 6.84. The number of carbonyl (C=O) groups excluding carboxylic acids is 2. The zero-order valence-corrected chi connectivity index (χ0v) is 17.6. The first-order valence-corrected chi connectivity index (χ1v) is 10.8. The molecule has 0 aliphatic carbocycles. The van der Waals surface area contributed by atoms with Crippen molar-refractivity contribution in [3.63, 3.8) is 0 Å². The van der Waals surface area contributed by atoms with E-state index in [2.05, 4.69) is 10.0 Å². The Morgan fingerprint density at radius 3 is 2.28 bits per heavy atom. The number of amides is 1. The SMILES string of the molecule is CCOC(=O)c1cccc(NC(=O)c2cc(S(=O)(=O)Nc3ccccc3)c(F)cc2F)c1. The molecule has 0 heterocycles. The van der Waals surface area contributed by atoms with E-state index in [9.17, 15) is 26.8 Å². The highest BCUT2D eigenvalue weighted by Crippen LogP contribution is 2.23. The van der Waals surface area contributed by atoms with Crippen molar-refractivity contribution in [1.82, 2.24) is 0 Å². The average Bonchev–Trinajstić information content (AvgIpc) is 2.74. The molecule has 0 aliphatic heterocycles. The van der Waals surface area contributed by atoms with Gasteiger partial charge in [0, 0.05) is 17.4 Å². The van der Waals surface area contributed by atoms with Crippen molar-refractivity contribution in [1.29, 1.82) is 0 Å². The number of anilines is 2. The van der Waals surface area contributed by atoms with E-state index in [0.29, 0.717) is 12.1 Å². The Hall–Kier alpha value is -3.79. The minimum Gasteiger partial charge on any atom is -0.462 e. The third-order valence-corrected chi connectivity index (χ3v) is 5.61. The topological polar surface area (TPSA) is 102 Å². The fourth-order valence-electron chi connectivity index (χ4n) is 2.76. The van der Waals surface area contributed by atoms with E-state index in [4.69, 9.17) is 4.74 Å². The number of carbonyl (C=O) groups is 2. The molecule has 0 bridgehead atoms. The second-order valence-electron chi connectivity index (χ2n) is 6.49. The van der Waals surface area contributed by atoms with E-state index in [1.54, 1.807) is 25.1 Å². The van der Waals surface area contributed by atoms with Crippen molar-refractivity contribution in [2.45, 2.75) is 11.8 Å². The van der Waals surface area contributed by atoms with Gasteiger partial charge in [0.05, 0.1) is 17.7 Å². The first-order chi connectivity index (χ1) is 15.2. The molecule has 0 unspecified atom stereocenters. The number of nitrogens with one attached hydrogen (secondary N) is 2. The molecular formula is C22H18F2N2O5S. The van der Waals surface area contributed by atoms with E-state index in [1.165, 1.54) is 36.4 Å². The highest BCUT2D eigenvalue weighted by Gasteiger charge is 2.25. The fraction of sp³-hybridized carbons (Fsp3) is 0.0909. The zero-order valence-electron chi connectivity index (χ0n) is 16.8. The Bertz CT molecular complexity index is 1260. The molecule has 0 fully saturated rings. The zero-order chi connectivity index (χ0) is 23.3. The third-order valence-electron chi connectivity index (χ3n) is 4.21. The van der Waals surface area contributed by atoms with E-state index >= 15 is 0 Å². The summed E-state index contributed by atoms with van der Waals surface area (Å²) < 4.78 is 60.8. The normalized spacial score (nSPS) is 11.0. The number of hydrogen-bond donors (Lipinski definition) is 2. The molecule has 0 saturated heterocycles. The summed E-state index contributed by atoms with van der Waals surface area (Å²) in [5.74, 6) is -4.25. The van der Waals surface area contributed by atoms with Crippen LogP contribution in [0, 0.1) is 11.6 Å². The predicted octanol–water partition coefficient (Wildman–Crippen LogP) is 4.19. The second kappa shape index (κ2) is 9.56. The van der Waals surface area contributed by atoms with Gasteiger partial charge >= 0.3 is 5.97 Å². The van der Waals surface area contributed by atoms with Crippen molar-refractivity contribution in [3.8, 4) is 0 Å². The van der Waals surface area contributed by atoms with Crippen LogP contribution in [0.5, 0.6) is 0 Å². The van der Waals surface area contributed by atoms with E-state index in [0.717, 1.165) is 0 Å². The van der Waals surface area contributed by atoms with Crippen LogP contribution in [-0.4, -0.2) is 26.9 Å². The summed E-state index contributed by atoms with van der Waals surface area (Å²) in [7, 11) is -4.45. The van der Waals surface area contributed by atoms with Crippen LogP contribution >= 0.6 is 0 Å². The van der Waals surface area contributed by atoms with Gasteiger partial charge in [-0.05, 0) is 43.3 Å². The number of ether oxygens (including phenoxy) is 1. The molecule has 0 radical (unpaired) electrons. The summed E-state index contributed by atoms with van der Waals surface area (Å²) in [5.41, 5.74) is -0.241. The lowest BCUT2D eigenvalue weighted by Crippen LogP contribution is -2.19. The molecule has 2 N–H and O–H groups in total. The summed E-state index contributed by atoms with van der Waals surface area (Å²) in [6.45, 7) is 1.80. The molecule has 0 spiro atoms. The predicted molar refractivity (Wildman–Crippen MR) is 114 cm³/mol. The molecule has 1 amide bonds. The number of hydrogen-bond acceptors (Lipinski definition) is 5. The number of benzene rings is 3. The molecule has 3 rings (SSSR count). The van der Waals surface area contributed by atoms with Gasteiger partial charge in [-0.3, -0.25) is 9.52 Å². The summed E-state index contributed by atoms with van der Waals surface area (Å²) in [6.07, 6.45) is 0. The van der Waals surface area contributed by atoms with Crippen LogP contribution in [0.2, 0.25) is 0 Å². The highest BCUT2D eigenvalue weighted by molar-refractivity contribution is 7.92. The van der Waals surface area contributed by atoms with Crippen molar-refractivity contribution in [2.24, 2.45) is 0 Å². The lowest BCUT2D eigenvalue weighted by molar-refractivity contribution is 0.0526. The number of sulfonamides is 1. The molecule has 3 aromatic carbocycles. The molecule has 0 aliphatic rings. The molecule has 7 nitrogen and oxygen atoms in total. The Morgan fingerprint density at radius 1 is 0.906 bits per heavy atom. The lowest BCUT2D eigenvalue weighted by atomic mass is 10.1. The van der Waals surface area contributed by atoms with Gasteiger partial charge in [-0.1, -0.05) is 24.3 Å². The summed E-state index contributed by atoms with van der Waals surface area (Å²) in [4.78, 5) is 23.5. The highest BCUT2D eigenvalue weighted by atomic mass is 32.2. The molecule has 0 aromatic heterocycles. The molecule has 3 aromatic rings. The van der Waals surface area contributed by atoms with Crippen LogP contribution in [0.1, 0.15) is 27.6 Å². The van der Waals surface area contributed by atoms with Crippen LogP contribution in [0.15, 0.2) is 71.6 Å². The standard InChI is InChI=1S/C22H18F2N2O5S/c1-2-31-22(28)14-7-6-10-16(11-14)25-21(27)17-12-20(19(24)13-18(17)23)32(29,30)26-15-8-4-3-5-9-15/h3-13,26H,2H2,1H3,(H,25,27). The van der Waals surface area contributed by atoms with E-state index < -0.39 is 44.0 Å². The maximum atomic E-state index is 14.3. The number of para-hydroxylation sites is 1. The lowest BCUT2D eigenvalue weighted by Gasteiger charge is -2.12. The number of esters is 1. The maximum absolute atomic E-state index is 14.3. The van der Waals surface area contributed by atoms with Gasteiger partial charge in [0.15, 0.2) is 0 Å². The second-order valence-corrected chi connectivity index (χ2v) is 8.14. The van der Waals surface area contributed by atoms with Gasteiger partial charge in [0.2, 0.25) is 0 Å². The Morgan fingerprint density at radius 2 is 1.59 bits per heavy atom. The first kappa shape index (κ1) is 22.9. The van der Waals surface area contributed by atoms with Gasteiger partial charge in [0.25, 0.3) is 15.9 Å². The number of halogens is 2. The van der Waals surface area contributed by atoms with Crippen LogP contribution in [0.3, 0.4) is 0 Å². The molecule has 32 heavy (non-hydrogen) atoms. The summed E-state index contributed by atoms with van der Waals surface area (Å²) >= 11 is 0. The van der Waals surface area contributed by atoms with Crippen LogP contribution in [0.4, 0.5) is 20.2 Å². The van der Waals surface area contributed by atoms with Crippen molar-refractivity contribution in [2.75, 3.05) is 16.6 Å². The molecular weight excluding hydrogens is 442 g/mol. The molecule has 0 saturated carbocycles. The van der Waals surface area contributed by atoms with Gasteiger partial charge in [-0.2, -0.15) is 0 Å². The van der Waals surface area contributed by atoms with Gasteiger partial charge in [-0.15, -0.1) is 0 Å². The van der Waals surface area contributed by atoms with Crippen molar-refractivity contribution in [3.05, 3.63) is 89.5 Å². The Labute approximate surface area is 183 Å². The van der Waals surface area contributed by atoms with Crippen LogP contribution < -0.4 is 10.0 Å². The van der Waals surface area contributed by atoms with Crippen molar-refractivity contribution >= 4 is 33.3 Å². The molecule has 166 valence electrons. The van der Waals surface area contributed by atoms with Gasteiger partial charge < -0.3 is 10.1 Å². The molecule has 10 heteroatoms. The van der Waals surface area contributed by atoms with Gasteiger partial charge in [-0.25, -0.2) is 22.0 Å². The summed E-state index contributed by atoms with van der Waals surface area (Å²) in [5, 5.41) is 2.36. The monoisotopic (exact) mass is 460 g/mol. The largest absolute Gasteiger partial charge is 0.462 e. The minimum atomic E-state index is -4.45. The number of rotatable bonds is 7. The maximum Gasteiger partial charge on any atom is 0.338 e. The van der Waals surface area contributed by atoms with E-state index in [1.807, 2.05) is 0 Å². The van der Waals surface area contributed by atoms with Crippen LogP contribution in [-0.2, 0) is 14.8 Å². The third kappa shape index (κ3) is 5.27. The van der Waals surface area contributed by atoms with E-state index in [-0.39, 0.29) is 23.5 Å². The smallest absolute Gasteiger partial charge is 0.338 e. The average molecular weight is 460 g/mol. The fourth-order valence-corrected chi connectivity index (χ4v) is 3.91. The Balaban J connectivity index is 1.89. The molecule has 0 atom stereocenters. The summed E-state index contributed by atoms with van der Waals surface area (Å²) in [6, 6.07) is 14.3. The first-order valence-electron chi connectivity index (χ1n) is 9.36. The quantitative estimate of drug-likeness (QED) is 0.515. The van der Waals surface area contributed by atoms with Crippen molar-refractivity contribution < 1.29 is 31.5 Å². The van der Waals surface area contributed by atoms with Gasteiger partial charge in [0.1, 0.15) is 16.5 Å². The minimum absolute atomic E-state index is 0.135.